The van der Waals surface area contributed by atoms with Gasteiger partial charge in [-0.05, 0) is 30.2 Å². The van der Waals surface area contributed by atoms with Crippen molar-refractivity contribution in [1.29, 1.82) is 0 Å². The first-order valence-corrected chi connectivity index (χ1v) is 7.30. The zero-order valence-corrected chi connectivity index (χ0v) is 13.0. The molecule has 2 amide bonds. The van der Waals surface area contributed by atoms with E-state index in [0.717, 1.165) is 11.1 Å². The molecule has 118 valence electrons. The largest absolute Gasteiger partial charge is 0.347 e. The predicted molar refractivity (Wildman–Crippen MR) is 89.1 cm³/mol. The molecular formula is C18H19N3O2. The molecule has 1 heterocycles. The van der Waals surface area contributed by atoms with E-state index in [0.29, 0.717) is 13.1 Å². The monoisotopic (exact) mass is 309 g/mol. The lowest BCUT2D eigenvalue weighted by atomic mass is 10.1. The van der Waals surface area contributed by atoms with Gasteiger partial charge in [-0.2, -0.15) is 0 Å². The molecule has 23 heavy (non-hydrogen) atoms. The number of pyridine rings is 1. The quantitative estimate of drug-likeness (QED) is 0.804. The Labute approximate surface area is 135 Å². The highest BCUT2D eigenvalue weighted by molar-refractivity contribution is 5.96. The van der Waals surface area contributed by atoms with Crippen molar-refractivity contribution >= 4 is 11.8 Å². The van der Waals surface area contributed by atoms with Crippen molar-refractivity contribution in [2.45, 2.75) is 13.5 Å². The molecule has 1 aromatic heterocycles. The second kappa shape index (κ2) is 7.89. The van der Waals surface area contributed by atoms with Crippen molar-refractivity contribution in [2.24, 2.45) is 0 Å². The summed E-state index contributed by atoms with van der Waals surface area (Å²) in [5.41, 5.74) is 2.57. The number of hydrogen-bond acceptors (Lipinski definition) is 3. The molecule has 0 atom stereocenters. The zero-order chi connectivity index (χ0) is 16.7. The molecule has 0 aliphatic carbocycles. The van der Waals surface area contributed by atoms with Crippen LogP contribution in [-0.2, 0) is 6.54 Å². The SMILES string of the molecule is C=CCNC(=O)c1cccc(C(=O)NCc2ccccc2C)n1. The maximum absolute atomic E-state index is 12.2. The third-order valence-corrected chi connectivity index (χ3v) is 3.32. The number of aryl methyl sites for hydroxylation is 1. The fraction of sp³-hybridized carbons (Fsp3) is 0.167. The Morgan fingerprint density at radius 2 is 1.70 bits per heavy atom. The van der Waals surface area contributed by atoms with Crippen LogP contribution in [0.3, 0.4) is 0 Å². The number of aromatic nitrogens is 1. The highest BCUT2D eigenvalue weighted by Crippen LogP contribution is 2.07. The van der Waals surface area contributed by atoms with Gasteiger partial charge in [0.25, 0.3) is 11.8 Å². The van der Waals surface area contributed by atoms with E-state index in [1.807, 2.05) is 31.2 Å². The zero-order valence-electron chi connectivity index (χ0n) is 13.0. The van der Waals surface area contributed by atoms with Crippen molar-refractivity contribution in [2.75, 3.05) is 6.54 Å². The molecule has 0 aliphatic rings. The molecule has 2 rings (SSSR count). The minimum absolute atomic E-state index is 0.204. The lowest BCUT2D eigenvalue weighted by Crippen LogP contribution is -2.27. The van der Waals surface area contributed by atoms with Crippen LogP contribution < -0.4 is 10.6 Å². The van der Waals surface area contributed by atoms with Crippen LogP contribution in [0.5, 0.6) is 0 Å². The van der Waals surface area contributed by atoms with Crippen molar-refractivity contribution < 1.29 is 9.59 Å². The van der Waals surface area contributed by atoms with E-state index >= 15 is 0 Å². The highest BCUT2D eigenvalue weighted by Gasteiger charge is 2.11. The van der Waals surface area contributed by atoms with Crippen LogP contribution >= 0.6 is 0 Å². The molecule has 0 saturated carbocycles. The average molecular weight is 309 g/mol. The summed E-state index contributed by atoms with van der Waals surface area (Å²) in [6.07, 6.45) is 1.58. The summed E-state index contributed by atoms with van der Waals surface area (Å²) < 4.78 is 0. The standard InChI is InChI=1S/C18H19N3O2/c1-3-11-19-17(22)15-9-6-10-16(21-15)18(23)20-12-14-8-5-4-7-13(14)2/h3-10H,1,11-12H2,2H3,(H,19,22)(H,20,23). The minimum Gasteiger partial charge on any atom is -0.347 e. The number of carbonyl (C=O) groups excluding carboxylic acids is 2. The van der Waals surface area contributed by atoms with Crippen molar-refractivity contribution in [3.63, 3.8) is 0 Å². The Kier molecular flexibility index (Phi) is 5.63. The van der Waals surface area contributed by atoms with Crippen LogP contribution in [-0.4, -0.2) is 23.3 Å². The Morgan fingerprint density at radius 3 is 2.35 bits per heavy atom. The molecule has 0 fully saturated rings. The summed E-state index contributed by atoms with van der Waals surface area (Å²) in [5.74, 6) is -0.648. The van der Waals surface area contributed by atoms with Crippen LogP contribution in [0.1, 0.15) is 32.1 Å². The van der Waals surface area contributed by atoms with Crippen LogP contribution in [0, 0.1) is 6.92 Å². The number of carbonyl (C=O) groups is 2. The molecular weight excluding hydrogens is 290 g/mol. The summed E-state index contributed by atoms with van der Waals surface area (Å²) in [6.45, 7) is 6.29. The van der Waals surface area contributed by atoms with Crippen molar-refractivity contribution in [3.8, 4) is 0 Å². The van der Waals surface area contributed by atoms with Gasteiger partial charge in [-0.1, -0.05) is 36.4 Å². The molecule has 2 N–H and O–H groups in total. The molecule has 1 aromatic carbocycles. The normalized spacial score (nSPS) is 9.96. The number of nitrogens with one attached hydrogen (secondary N) is 2. The van der Waals surface area contributed by atoms with E-state index in [2.05, 4.69) is 22.2 Å². The molecule has 0 spiro atoms. The Hall–Kier alpha value is -2.95. The molecule has 0 saturated heterocycles. The molecule has 5 heteroatoms. The second-order valence-corrected chi connectivity index (χ2v) is 5.02. The Balaban J connectivity index is 2.03. The molecule has 2 aromatic rings. The van der Waals surface area contributed by atoms with Gasteiger partial charge in [-0.3, -0.25) is 9.59 Å². The average Bonchev–Trinajstić information content (AvgIpc) is 2.58. The molecule has 5 nitrogen and oxygen atoms in total. The summed E-state index contributed by atoms with van der Waals surface area (Å²) in [7, 11) is 0. The number of nitrogens with zero attached hydrogens (tertiary/aromatic N) is 1. The van der Waals surface area contributed by atoms with Crippen LogP contribution in [0.15, 0.2) is 55.1 Å². The maximum atomic E-state index is 12.2. The van der Waals surface area contributed by atoms with E-state index in [4.69, 9.17) is 0 Å². The highest BCUT2D eigenvalue weighted by atomic mass is 16.2. The number of rotatable bonds is 6. The molecule has 0 radical (unpaired) electrons. The number of benzene rings is 1. The van der Waals surface area contributed by atoms with E-state index in [1.54, 1.807) is 24.3 Å². The number of hydrogen-bond donors (Lipinski definition) is 2. The van der Waals surface area contributed by atoms with Gasteiger partial charge < -0.3 is 10.6 Å². The molecule has 0 bridgehead atoms. The minimum atomic E-state index is -0.335. The molecule has 0 unspecified atom stereocenters. The third kappa shape index (κ3) is 4.51. The van der Waals surface area contributed by atoms with Gasteiger partial charge in [0.15, 0.2) is 0 Å². The predicted octanol–water partition coefficient (Wildman–Crippen LogP) is 2.24. The Bertz CT molecular complexity index is 726. The lowest BCUT2D eigenvalue weighted by molar-refractivity contribution is 0.0944. The molecule has 0 aliphatic heterocycles. The van der Waals surface area contributed by atoms with E-state index in [1.165, 1.54) is 0 Å². The lowest BCUT2D eigenvalue weighted by Gasteiger charge is -2.08. The van der Waals surface area contributed by atoms with E-state index < -0.39 is 0 Å². The van der Waals surface area contributed by atoms with Gasteiger partial charge in [-0.25, -0.2) is 4.98 Å². The fourth-order valence-corrected chi connectivity index (χ4v) is 2.02. The van der Waals surface area contributed by atoms with Gasteiger partial charge in [0, 0.05) is 13.1 Å². The maximum Gasteiger partial charge on any atom is 0.270 e. The fourth-order valence-electron chi connectivity index (χ4n) is 2.02. The van der Waals surface area contributed by atoms with Crippen LogP contribution in [0.4, 0.5) is 0 Å². The van der Waals surface area contributed by atoms with Gasteiger partial charge in [0.05, 0.1) is 0 Å². The van der Waals surface area contributed by atoms with E-state index in [9.17, 15) is 9.59 Å². The smallest absolute Gasteiger partial charge is 0.270 e. The van der Waals surface area contributed by atoms with Gasteiger partial charge in [0.2, 0.25) is 0 Å². The second-order valence-electron chi connectivity index (χ2n) is 5.02. The first-order chi connectivity index (χ1) is 11.1. The summed E-state index contributed by atoms with van der Waals surface area (Å²) >= 11 is 0. The van der Waals surface area contributed by atoms with Crippen molar-refractivity contribution in [3.05, 3.63) is 77.6 Å². The number of amides is 2. The van der Waals surface area contributed by atoms with Gasteiger partial charge in [0.1, 0.15) is 11.4 Å². The Morgan fingerprint density at radius 1 is 1.04 bits per heavy atom. The third-order valence-electron chi connectivity index (χ3n) is 3.32. The van der Waals surface area contributed by atoms with Gasteiger partial charge >= 0.3 is 0 Å². The first kappa shape index (κ1) is 16.4. The van der Waals surface area contributed by atoms with Crippen LogP contribution in [0.2, 0.25) is 0 Å². The van der Waals surface area contributed by atoms with Crippen molar-refractivity contribution in [1.82, 2.24) is 15.6 Å². The topological polar surface area (TPSA) is 71.1 Å². The summed E-state index contributed by atoms with van der Waals surface area (Å²) in [6, 6.07) is 12.6. The summed E-state index contributed by atoms with van der Waals surface area (Å²) in [4.78, 5) is 28.1. The van der Waals surface area contributed by atoms with E-state index in [-0.39, 0.29) is 23.2 Å². The van der Waals surface area contributed by atoms with Crippen LogP contribution in [0.25, 0.3) is 0 Å². The first-order valence-electron chi connectivity index (χ1n) is 7.30. The summed E-state index contributed by atoms with van der Waals surface area (Å²) in [5, 5.41) is 5.44. The van der Waals surface area contributed by atoms with Gasteiger partial charge in [-0.15, -0.1) is 6.58 Å².